The van der Waals surface area contributed by atoms with E-state index in [-0.39, 0.29) is 0 Å². The van der Waals surface area contributed by atoms with Crippen molar-refractivity contribution in [2.75, 3.05) is 0 Å². The molecular formula is C12H18F2. The summed E-state index contributed by atoms with van der Waals surface area (Å²) in [6.07, 6.45) is 1.43. The second-order valence-corrected chi connectivity index (χ2v) is 2.92. The molecule has 0 fully saturated rings. The topological polar surface area (TPSA) is 0 Å². The fraction of sp³-hybridized carbons (Fsp3) is 0.500. The van der Waals surface area contributed by atoms with Gasteiger partial charge in [-0.05, 0) is 24.5 Å². The molecule has 0 N–H and O–H groups in total. The summed E-state index contributed by atoms with van der Waals surface area (Å²) in [7, 11) is 0. The van der Waals surface area contributed by atoms with Crippen LogP contribution in [0.25, 0.3) is 0 Å². The summed E-state index contributed by atoms with van der Waals surface area (Å²) in [5.41, 5.74) is 0.841. The molecule has 0 unspecified atom stereocenters. The molecular weight excluding hydrogens is 182 g/mol. The van der Waals surface area contributed by atoms with E-state index in [1.165, 1.54) is 0 Å². The molecule has 0 spiro atoms. The van der Waals surface area contributed by atoms with E-state index in [0.29, 0.717) is 17.5 Å². The number of benzene rings is 1. The molecule has 0 aliphatic rings. The lowest BCUT2D eigenvalue weighted by Gasteiger charge is -2.03. The van der Waals surface area contributed by atoms with Crippen LogP contribution in [0.1, 0.15) is 38.3 Å². The Bertz CT molecular complexity index is 280. The van der Waals surface area contributed by atoms with Crippen LogP contribution in [-0.2, 0) is 6.42 Å². The molecule has 0 saturated carbocycles. The minimum absolute atomic E-state index is 0.368. The highest BCUT2D eigenvalue weighted by atomic mass is 19.2. The molecule has 0 aromatic heterocycles. The van der Waals surface area contributed by atoms with E-state index in [1.54, 1.807) is 19.1 Å². The molecule has 1 aromatic carbocycles. The molecule has 1 aromatic rings. The largest absolute Gasteiger partial charge is 0.203 e. The molecule has 0 nitrogen and oxygen atoms in total. The van der Waals surface area contributed by atoms with Gasteiger partial charge in [0.1, 0.15) is 0 Å². The standard InChI is InChI=1S/C10H12F2.C2H6/c1-3-4-8-6-5-7(2)9(11)10(8)12;1-2/h5-6H,3-4H2,1-2H3;1-2H3. The van der Waals surface area contributed by atoms with Crippen LogP contribution in [0.4, 0.5) is 8.78 Å². The van der Waals surface area contributed by atoms with Gasteiger partial charge in [-0.3, -0.25) is 0 Å². The maximum Gasteiger partial charge on any atom is 0.162 e. The van der Waals surface area contributed by atoms with Crippen LogP contribution in [0.5, 0.6) is 0 Å². The maximum atomic E-state index is 13.1. The van der Waals surface area contributed by atoms with Gasteiger partial charge in [0, 0.05) is 0 Å². The van der Waals surface area contributed by atoms with E-state index in [2.05, 4.69) is 0 Å². The Morgan fingerprint density at radius 2 is 1.64 bits per heavy atom. The summed E-state index contributed by atoms with van der Waals surface area (Å²) < 4.78 is 26.0. The quantitative estimate of drug-likeness (QED) is 0.669. The maximum absolute atomic E-state index is 13.1. The van der Waals surface area contributed by atoms with Crippen LogP contribution in [0.2, 0.25) is 0 Å². The second kappa shape index (κ2) is 6.52. The summed E-state index contributed by atoms with van der Waals surface area (Å²) in [4.78, 5) is 0. The van der Waals surface area contributed by atoms with Crippen LogP contribution >= 0.6 is 0 Å². The van der Waals surface area contributed by atoms with Crippen molar-refractivity contribution in [3.8, 4) is 0 Å². The van der Waals surface area contributed by atoms with Gasteiger partial charge in [-0.2, -0.15) is 0 Å². The Labute approximate surface area is 85.0 Å². The molecule has 80 valence electrons. The van der Waals surface area contributed by atoms with Crippen molar-refractivity contribution in [2.24, 2.45) is 0 Å². The van der Waals surface area contributed by atoms with Gasteiger partial charge in [0.2, 0.25) is 0 Å². The number of aryl methyl sites for hydroxylation is 2. The van der Waals surface area contributed by atoms with E-state index in [4.69, 9.17) is 0 Å². The van der Waals surface area contributed by atoms with E-state index < -0.39 is 11.6 Å². The fourth-order valence-corrected chi connectivity index (χ4v) is 1.15. The molecule has 0 bridgehead atoms. The molecule has 0 aliphatic carbocycles. The predicted octanol–water partition coefficient (Wildman–Crippen LogP) is 4.25. The van der Waals surface area contributed by atoms with Crippen molar-refractivity contribution >= 4 is 0 Å². The van der Waals surface area contributed by atoms with Crippen molar-refractivity contribution in [3.05, 3.63) is 34.9 Å². The van der Waals surface area contributed by atoms with Crippen molar-refractivity contribution in [3.63, 3.8) is 0 Å². The molecule has 0 radical (unpaired) electrons. The van der Waals surface area contributed by atoms with E-state index >= 15 is 0 Å². The third kappa shape index (κ3) is 3.09. The van der Waals surface area contributed by atoms with Crippen molar-refractivity contribution in [1.82, 2.24) is 0 Å². The van der Waals surface area contributed by atoms with Crippen molar-refractivity contribution in [1.29, 1.82) is 0 Å². The van der Waals surface area contributed by atoms with E-state index in [0.717, 1.165) is 6.42 Å². The van der Waals surface area contributed by atoms with Gasteiger partial charge in [0.05, 0.1) is 0 Å². The Morgan fingerprint density at radius 1 is 1.07 bits per heavy atom. The van der Waals surface area contributed by atoms with Crippen molar-refractivity contribution < 1.29 is 8.78 Å². The number of hydrogen-bond acceptors (Lipinski definition) is 0. The normalized spacial score (nSPS) is 9.29. The van der Waals surface area contributed by atoms with Crippen molar-refractivity contribution in [2.45, 2.75) is 40.5 Å². The third-order valence-electron chi connectivity index (χ3n) is 1.87. The van der Waals surface area contributed by atoms with Gasteiger partial charge < -0.3 is 0 Å². The van der Waals surface area contributed by atoms with Gasteiger partial charge in [0.15, 0.2) is 11.6 Å². The Kier molecular flexibility index (Phi) is 6.09. The van der Waals surface area contributed by atoms with E-state index in [1.807, 2.05) is 20.8 Å². The first-order chi connectivity index (χ1) is 6.66. The highest BCUT2D eigenvalue weighted by Crippen LogP contribution is 2.16. The van der Waals surface area contributed by atoms with E-state index in [9.17, 15) is 8.78 Å². The molecule has 0 saturated heterocycles. The second-order valence-electron chi connectivity index (χ2n) is 2.92. The predicted molar refractivity (Wildman–Crippen MR) is 56.4 cm³/mol. The lowest BCUT2D eigenvalue weighted by molar-refractivity contribution is 0.493. The molecule has 0 heterocycles. The monoisotopic (exact) mass is 200 g/mol. The molecule has 0 amide bonds. The zero-order valence-electron chi connectivity index (χ0n) is 9.32. The minimum Gasteiger partial charge on any atom is -0.203 e. The van der Waals surface area contributed by atoms with Crippen LogP contribution in [0.3, 0.4) is 0 Å². The van der Waals surface area contributed by atoms with Gasteiger partial charge in [-0.25, -0.2) is 8.78 Å². The fourth-order valence-electron chi connectivity index (χ4n) is 1.15. The highest BCUT2D eigenvalue weighted by Gasteiger charge is 2.09. The average Bonchev–Trinajstić information content (AvgIpc) is 2.22. The molecule has 0 atom stereocenters. The number of hydrogen-bond donors (Lipinski definition) is 0. The highest BCUT2D eigenvalue weighted by molar-refractivity contribution is 5.25. The molecule has 1 rings (SSSR count). The average molecular weight is 200 g/mol. The van der Waals surface area contributed by atoms with Gasteiger partial charge >= 0.3 is 0 Å². The smallest absolute Gasteiger partial charge is 0.162 e. The summed E-state index contributed by atoms with van der Waals surface area (Å²) in [5, 5.41) is 0. The van der Waals surface area contributed by atoms with Crippen LogP contribution in [0.15, 0.2) is 12.1 Å². The summed E-state index contributed by atoms with van der Waals surface area (Å²) >= 11 is 0. The van der Waals surface area contributed by atoms with Gasteiger partial charge in [-0.15, -0.1) is 0 Å². The molecule has 2 heteroatoms. The first-order valence-electron chi connectivity index (χ1n) is 5.10. The Morgan fingerprint density at radius 3 is 2.14 bits per heavy atom. The van der Waals surface area contributed by atoms with Crippen LogP contribution in [0, 0.1) is 18.6 Å². The van der Waals surface area contributed by atoms with Crippen LogP contribution < -0.4 is 0 Å². The zero-order chi connectivity index (χ0) is 11.1. The molecule has 0 aliphatic heterocycles. The zero-order valence-corrected chi connectivity index (χ0v) is 9.32. The SMILES string of the molecule is CC.CCCc1ccc(C)c(F)c1F. The summed E-state index contributed by atoms with van der Waals surface area (Å²) in [6.45, 7) is 7.51. The Balaban J connectivity index is 0.000000791. The Hall–Kier alpha value is -0.920. The first kappa shape index (κ1) is 13.1. The molecule has 14 heavy (non-hydrogen) atoms. The third-order valence-corrected chi connectivity index (χ3v) is 1.87. The lowest BCUT2D eigenvalue weighted by atomic mass is 10.1. The summed E-state index contributed by atoms with van der Waals surface area (Å²) in [5.74, 6) is -1.39. The lowest BCUT2D eigenvalue weighted by Crippen LogP contribution is -1.96. The van der Waals surface area contributed by atoms with Gasteiger partial charge in [-0.1, -0.05) is 39.3 Å². The first-order valence-corrected chi connectivity index (χ1v) is 5.10. The number of rotatable bonds is 2. The van der Waals surface area contributed by atoms with Crippen LogP contribution in [-0.4, -0.2) is 0 Å². The minimum atomic E-state index is -0.707. The van der Waals surface area contributed by atoms with Gasteiger partial charge in [0.25, 0.3) is 0 Å². The number of halogens is 2. The summed E-state index contributed by atoms with van der Waals surface area (Å²) in [6, 6.07) is 3.26.